The van der Waals surface area contributed by atoms with E-state index < -0.39 is 10.0 Å². The number of nitrogens with one attached hydrogen (secondary N) is 1. The van der Waals surface area contributed by atoms with Gasteiger partial charge in [0, 0.05) is 31.1 Å². The molecule has 8 heteroatoms. The standard InChI is InChI=1S/C11H18N2O4S2/c14-9-10-11(1-8-18-10)19(15,16)12-2-3-13-4-6-17-7-5-13/h1,8,12,14H,2-7,9H2. The number of morpholine rings is 1. The van der Waals surface area contributed by atoms with Crippen molar-refractivity contribution in [3.63, 3.8) is 0 Å². The molecule has 1 aliphatic rings. The SMILES string of the molecule is O=S(=O)(NCCN1CCOCC1)c1ccsc1CO. The van der Waals surface area contributed by atoms with Crippen molar-refractivity contribution in [1.82, 2.24) is 9.62 Å². The van der Waals surface area contributed by atoms with Crippen LogP contribution in [-0.2, 0) is 21.4 Å². The number of hydrogen-bond donors (Lipinski definition) is 2. The van der Waals surface area contributed by atoms with E-state index in [-0.39, 0.29) is 11.5 Å². The van der Waals surface area contributed by atoms with Crippen molar-refractivity contribution in [2.45, 2.75) is 11.5 Å². The van der Waals surface area contributed by atoms with Gasteiger partial charge in [-0.05, 0) is 11.4 Å². The van der Waals surface area contributed by atoms with Crippen LogP contribution in [0.5, 0.6) is 0 Å². The van der Waals surface area contributed by atoms with Gasteiger partial charge in [0.1, 0.15) is 0 Å². The number of sulfonamides is 1. The molecule has 0 aliphatic carbocycles. The minimum Gasteiger partial charge on any atom is -0.391 e. The Morgan fingerprint density at radius 2 is 2.16 bits per heavy atom. The third-order valence-electron chi connectivity index (χ3n) is 2.96. The third-order valence-corrected chi connectivity index (χ3v) is 5.54. The maximum Gasteiger partial charge on any atom is 0.241 e. The Labute approximate surface area is 117 Å². The third kappa shape index (κ3) is 3.98. The second-order valence-electron chi connectivity index (χ2n) is 4.22. The summed E-state index contributed by atoms with van der Waals surface area (Å²) >= 11 is 1.24. The average molecular weight is 306 g/mol. The Morgan fingerprint density at radius 1 is 1.42 bits per heavy atom. The smallest absolute Gasteiger partial charge is 0.241 e. The Balaban J connectivity index is 1.87. The maximum absolute atomic E-state index is 12.1. The van der Waals surface area contributed by atoms with E-state index in [0.717, 1.165) is 13.1 Å². The molecule has 2 heterocycles. The summed E-state index contributed by atoms with van der Waals surface area (Å²) in [6.07, 6.45) is 0. The molecule has 1 aliphatic heterocycles. The fourth-order valence-corrected chi connectivity index (χ4v) is 4.24. The minimum atomic E-state index is -3.52. The van der Waals surface area contributed by atoms with Crippen molar-refractivity contribution >= 4 is 21.4 Å². The van der Waals surface area contributed by atoms with Crippen molar-refractivity contribution in [1.29, 1.82) is 0 Å². The highest BCUT2D eigenvalue weighted by Gasteiger charge is 2.19. The molecule has 0 atom stereocenters. The quantitative estimate of drug-likeness (QED) is 0.764. The number of thiophene rings is 1. The first kappa shape index (κ1) is 14.9. The van der Waals surface area contributed by atoms with Crippen molar-refractivity contribution in [2.75, 3.05) is 39.4 Å². The molecule has 19 heavy (non-hydrogen) atoms. The normalized spacial score (nSPS) is 17.7. The van der Waals surface area contributed by atoms with Crippen molar-refractivity contribution in [2.24, 2.45) is 0 Å². The maximum atomic E-state index is 12.1. The molecule has 1 fully saturated rings. The lowest BCUT2D eigenvalue weighted by Gasteiger charge is -2.26. The molecule has 1 aromatic heterocycles. The van der Waals surface area contributed by atoms with E-state index >= 15 is 0 Å². The molecule has 1 aromatic rings. The van der Waals surface area contributed by atoms with E-state index in [1.807, 2.05) is 0 Å². The molecule has 2 rings (SSSR count). The first-order valence-corrected chi connectivity index (χ1v) is 8.47. The molecule has 0 bridgehead atoms. The van der Waals surface area contributed by atoms with Crippen LogP contribution in [0.25, 0.3) is 0 Å². The van der Waals surface area contributed by atoms with Gasteiger partial charge in [0.15, 0.2) is 0 Å². The van der Waals surface area contributed by atoms with Crippen LogP contribution in [0.3, 0.4) is 0 Å². The van der Waals surface area contributed by atoms with Gasteiger partial charge >= 0.3 is 0 Å². The van der Waals surface area contributed by atoms with E-state index in [0.29, 0.717) is 31.2 Å². The van der Waals surface area contributed by atoms with Gasteiger partial charge in [-0.15, -0.1) is 11.3 Å². The van der Waals surface area contributed by atoms with Crippen LogP contribution in [0.15, 0.2) is 16.3 Å². The van der Waals surface area contributed by atoms with Crippen LogP contribution in [0.2, 0.25) is 0 Å². The van der Waals surface area contributed by atoms with Gasteiger partial charge in [-0.3, -0.25) is 4.90 Å². The van der Waals surface area contributed by atoms with E-state index in [1.165, 1.54) is 17.4 Å². The summed E-state index contributed by atoms with van der Waals surface area (Å²) in [4.78, 5) is 2.81. The van der Waals surface area contributed by atoms with E-state index in [9.17, 15) is 8.42 Å². The zero-order valence-electron chi connectivity index (χ0n) is 10.5. The summed E-state index contributed by atoms with van der Waals surface area (Å²) in [6, 6.07) is 1.52. The number of ether oxygens (including phenoxy) is 1. The second kappa shape index (κ2) is 6.78. The van der Waals surface area contributed by atoms with E-state index in [1.54, 1.807) is 5.38 Å². The van der Waals surface area contributed by atoms with Crippen molar-refractivity contribution in [3.05, 3.63) is 16.3 Å². The van der Waals surface area contributed by atoms with Gasteiger partial charge in [0.2, 0.25) is 10.0 Å². The summed E-state index contributed by atoms with van der Waals surface area (Å²) in [5, 5.41) is 10.8. The van der Waals surface area contributed by atoms with Crippen LogP contribution in [0.1, 0.15) is 4.88 Å². The van der Waals surface area contributed by atoms with Crippen LogP contribution < -0.4 is 4.72 Å². The van der Waals surface area contributed by atoms with E-state index in [2.05, 4.69) is 9.62 Å². The Morgan fingerprint density at radius 3 is 2.84 bits per heavy atom. The zero-order valence-corrected chi connectivity index (χ0v) is 12.2. The van der Waals surface area contributed by atoms with Gasteiger partial charge < -0.3 is 9.84 Å². The second-order valence-corrected chi connectivity index (χ2v) is 6.95. The monoisotopic (exact) mass is 306 g/mol. The van der Waals surface area contributed by atoms with Gasteiger partial charge in [0.05, 0.1) is 24.7 Å². The number of aliphatic hydroxyl groups excluding tert-OH is 1. The molecule has 2 N–H and O–H groups in total. The minimum absolute atomic E-state index is 0.182. The number of nitrogens with zero attached hydrogens (tertiary/aromatic N) is 1. The number of hydrogen-bond acceptors (Lipinski definition) is 6. The number of aliphatic hydroxyl groups is 1. The van der Waals surface area contributed by atoms with Crippen LogP contribution in [0.4, 0.5) is 0 Å². The lowest BCUT2D eigenvalue weighted by Crippen LogP contribution is -2.41. The van der Waals surface area contributed by atoms with Crippen LogP contribution in [0, 0.1) is 0 Å². The highest BCUT2D eigenvalue weighted by Crippen LogP contribution is 2.21. The number of rotatable bonds is 6. The fourth-order valence-electron chi connectivity index (χ4n) is 1.92. The fraction of sp³-hybridized carbons (Fsp3) is 0.636. The first-order chi connectivity index (χ1) is 9.13. The average Bonchev–Trinajstić information content (AvgIpc) is 2.89. The summed E-state index contributed by atoms with van der Waals surface area (Å²) in [5.74, 6) is 0. The topological polar surface area (TPSA) is 78.9 Å². The highest BCUT2D eigenvalue weighted by atomic mass is 32.2. The summed E-state index contributed by atoms with van der Waals surface area (Å²) in [7, 11) is -3.52. The van der Waals surface area contributed by atoms with Gasteiger partial charge in [0.25, 0.3) is 0 Å². The highest BCUT2D eigenvalue weighted by molar-refractivity contribution is 7.89. The van der Waals surface area contributed by atoms with Gasteiger partial charge in [-0.1, -0.05) is 0 Å². The first-order valence-electron chi connectivity index (χ1n) is 6.10. The Bertz CT molecular complexity index is 495. The van der Waals surface area contributed by atoms with Crippen LogP contribution in [-0.4, -0.2) is 57.8 Å². The molecule has 0 spiro atoms. The van der Waals surface area contributed by atoms with Crippen molar-refractivity contribution in [3.8, 4) is 0 Å². The zero-order chi connectivity index (χ0) is 13.7. The predicted molar refractivity (Wildman–Crippen MR) is 72.7 cm³/mol. The van der Waals surface area contributed by atoms with Gasteiger partial charge in [-0.25, -0.2) is 13.1 Å². The Kier molecular flexibility index (Phi) is 5.31. The molecule has 6 nitrogen and oxygen atoms in total. The molecule has 0 saturated carbocycles. The molecule has 0 unspecified atom stereocenters. The summed E-state index contributed by atoms with van der Waals surface area (Å²) in [6.45, 7) is 3.85. The van der Waals surface area contributed by atoms with Crippen LogP contribution >= 0.6 is 11.3 Å². The molecule has 0 radical (unpaired) electrons. The summed E-state index contributed by atoms with van der Waals surface area (Å²) in [5.41, 5.74) is 0. The predicted octanol–water partition coefficient (Wildman–Crippen LogP) is -0.149. The molecule has 0 aromatic carbocycles. The Hall–Kier alpha value is -0.510. The van der Waals surface area contributed by atoms with Crippen molar-refractivity contribution < 1.29 is 18.3 Å². The molecular weight excluding hydrogens is 288 g/mol. The molecular formula is C11H18N2O4S2. The lowest BCUT2D eigenvalue weighted by atomic mass is 10.4. The van der Waals surface area contributed by atoms with Gasteiger partial charge in [-0.2, -0.15) is 0 Å². The largest absolute Gasteiger partial charge is 0.391 e. The summed E-state index contributed by atoms with van der Waals surface area (Å²) < 4.78 is 31.9. The molecule has 108 valence electrons. The molecule has 0 amide bonds. The molecule has 1 saturated heterocycles. The van der Waals surface area contributed by atoms with E-state index in [4.69, 9.17) is 9.84 Å². The lowest BCUT2D eigenvalue weighted by molar-refractivity contribution is 0.0390.